The maximum absolute atomic E-state index is 12.3. The lowest BCUT2D eigenvalue weighted by Crippen LogP contribution is -2.53. The van der Waals surface area contributed by atoms with Crippen LogP contribution in [-0.4, -0.2) is 48.5 Å². The van der Waals surface area contributed by atoms with E-state index < -0.39 is 6.10 Å². The van der Waals surface area contributed by atoms with E-state index in [1.165, 1.54) is 0 Å². The molecule has 0 bridgehead atoms. The molecule has 2 fully saturated rings. The van der Waals surface area contributed by atoms with Crippen molar-refractivity contribution < 1.29 is 19.4 Å². The Morgan fingerprint density at radius 1 is 1.32 bits per heavy atom. The fourth-order valence-corrected chi connectivity index (χ4v) is 3.47. The van der Waals surface area contributed by atoms with Crippen LogP contribution in [-0.2, 0) is 16.1 Å². The van der Waals surface area contributed by atoms with Gasteiger partial charge in [0.2, 0.25) is 0 Å². The number of rotatable bonds is 2. The summed E-state index contributed by atoms with van der Waals surface area (Å²) in [7, 11) is 0. The highest BCUT2D eigenvalue weighted by atomic mass is 16.6. The third-order valence-electron chi connectivity index (χ3n) is 4.64. The number of carbonyl (C=O) groups excluding carboxylic acids is 1. The second kappa shape index (κ2) is 6.67. The number of aliphatic hydroxyl groups excluding tert-OH is 1. The second-order valence-corrected chi connectivity index (χ2v) is 6.39. The van der Waals surface area contributed by atoms with E-state index in [-0.39, 0.29) is 18.1 Å². The van der Waals surface area contributed by atoms with Gasteiger partial charge in [0.05, 0.1) is 6.10 Å². The van der Waals surface area contributed by atoms with Crippen molar-refractivity contribution in [1.82, 2.24) is 4.90 Å². The molecule has 5 heteroatoms. The van der Waals surface area contributed by atoms with Crippen LogP contribution in [0.5, 0.6) is 0 Å². The molecule has 2 aliphatic heterocycles. The number of amides is 1. The predicted molar refractivity (Wildman–Crippen MR) is 81.3 cm³/mol. The summed E-state index contributed by atoms with van der Waals surface area (Å²) < 4.78 is 10.8. The van der Waals surface area contributed by atoms with Crippen molar-refractivity contribution in [2.75, 3.05) is 26.3 Å². The van der Waals surface area contributed by atoms with Gasteiger partial charge in [-0.3, -0.25) is 0 Å². The van der Waals surface area contributed by atoms with E-state index in [9.17, 15) is 9.90 Å². The zero-order chi connectivity index (χ0) is 15.4. The van der Waals surface area contributed by atoms with Gasteiger partial charge in [-0.05, 0) is 30.2 Å². The molecule has 5 nitrogen and oxygen atoms in total. The molecule has 1 unspecified atom stereocenters. The van der Waals surface area contributed by atoms with Gasteiger partial charge in [-0.2, -0.15) is 0 Å². The summed E-state index contributed by atoms with van der Waals surface area (Å²) >= 11 is 0. The molecule has 1 N–H and O–H groups in total. The number of carbonyl (C=O) groups is 1. The molecule has 0 radical (unpaired) electrons. The van der Waals surface area contributed by atoms with Crippen LogP contribution < -0.4 is 0 Å². The Morgan fingerprint density at radius 3 is 2.77 bits per heavy atom. The van der Waals surface area contributed by atoms with Crippen LogP contribution in [0, 0.1) is 5.41 Å². The van der Waals surface area contributed by atoms with Crippen LogP contribution in [0.2, 0.25) is 0 Å². The molecule has 2 heterocycles. The highest BCUT2D eigenvalue weighted by molar-refractivity contribution is 5.68. The molecule has 1 atom stereocenters. The number of piperidine rings is 1. The van der Waals surface area contributed by atoms with Crippen LogP contribution in [0.4, 0.5) is 4.79 Å². The van der Waals surface area contributed by atoms with Gasteiger partial charge in [-0.15, -0.1) is 0 Å². The minimum Gasteiger partial charge on any atom is -0.445 e. The van der Waals surface area contributed by atoms with Gasteiger partial charge >= 0.3 is 6.09 Å². The maximum atomic E-state index is 12.3. The van der Waals surface area contributed by atoms with Crippen LogP contribution in [0.3, 0.4) is 0 Å². The first-order valence-corrected chi connectivity index (χ1v) is 7.88. The van der Waals surface area contributed by atoms with Gasteiger partial charge in [-0.1, -0.05) is 30.3 Å². The lowest BCUT2D eigenvalue weighted by Gasteiger charge is -2.46. The number of nitrogens with zero attached hydrogens (tertiary/aromatic N) is 1. The van der Waals surface area contributed by atoms with Crippen molar-refractivity contribution >= 4 is 6.09 Å². The van der Waals surface area contributed by atoms with Crippen molar-refractivity contribution in [3.8, 4) is 0 Å². The Bertz CT molecular complexity index is 499. The Morgan fingerprint density at radius 2 is 2.05 bits per heavy atom. The standard InChI is InChI=1S/C17H23NO4/c19-15-10-17(6-8-21-9-7-17)13-18(11-15)16(20)22-12-14-4-2-1-3-5-14/h1-5,15,19H,6-13H2. The topological polar surface area (TPSA) is 59.0 Å². The smallest absolute Gasteiger partial charge is 0.410 e. The number of hydrogen-bond acceptors (Lipinski definition) is 4. The number of β-amino-alcohol motifs (C(OH)–C–C–N with tert-alkyl or cyclic N) is 1. The fourth-order valence-electron chi connectivity index (χ4n) is 3.47. The molecule has 1 aromatic rings. The molecule has 2 saturated heterocycles. The summed E-state index contributed by atoms with van der Waals surface area (Å²) in [5.74, 6) is 0. The predicted octanol–water partition coefficient (Wildman–Crippen LogP) is 2.19. The van der Waals surface area contributed by atoms with Gasteiger partial charge in [0.1, 0.15) is 6.61 Å². The van der Waals surface area contributed by atoms with Crippen molar-refractivity contribution in [1.29, 1.82) is 0 Å². The minimum absolute atomic E-state index is 0.0122. The van der Waals surface area contributed by atoms with Crippen LogP contribution in [0.25, 0.3) is 0 Å². The quantitative estimate of drug-likeness (QED) is 0.910. The zero-order valence-corrected chi connectivity index (χ0v) is 12.7. The highest BCUT2D eigenvalue weighted by Gasteiger charge is 2.42. The Kier molecular flexibility index (Phi) is 4.64. The van der Waals surface area contributed by atoms with Gasteiger partial charge < -0.3 is 19.5 Å². The number of likely N-dealkylation sites (tertiary alicyclic amines) is 1. The second-order valence-electron chi connectivity index (χ2n) is 6.39. The van der Waals surface area contributed by atoms with Crippen LogP contribution in [0.15, 0.2) is 30.3 Å². The molecule has 0 aliphatic carbocycles. The third-order valence-corrected chi connectivity index (χ3v) is 4.64. The lowest BCUT2D eigenvalue weighted by molar-refractivity contribution is -0.0653. The van der Waals surface area contributed by atoms with E-state index in [0.717, 1.165) is 24.8 Å². The first kappa shape index (κ1) is 15.3. The molecule has 120 valence electrons. The molecule has 0 aromatic heterocycles. The lowest BCUT2D eigenvalue weighted by atomic mass is 9.73. The number of benzene rings is 1. The number of ether oxygens (including phenoxy) is 2. The van der Waals surface area contributed by atoms with Gasteiger partial charge in [-0.25, -0.2) is 4.79 Å². The van der Waals surface area contributed by atoms with E-state index in [1.54, 1.807) is 4.90 Å². The number of hydrogen-bond donors (Lipinski definition) is 1. The maximum Gasteiger partial charge on any atom is 0.410 e. The zero-order valence-electron chi connectivity index (χ0n) is 12.7. The number of aliphatic hydroxyl groups is 1. The summed E-state index contributed by atoms with van der Waals surface area (Å²) in [6.07, 6.45) is 1.72. The Hall–Kier alpha value is -1.59. The van der Waals surface area contributed by atoms with Gasteiger partial charge in [0, 0.05) is 26.3 Å². The molecule has 1 spiro atoms. The Balaban J connectivity index is 1.59. The average Bonchev–Trinajstić information content (AvgIpc) is 2.53. The minimum atomic E-state index is -0.476. The summed E-state index contributed by atoms with van der Waals surface area (Å²) in [5, 5.41) is 10.1. The molecule has 22 heavy (non-hydrogen) atoms. The first-order chi connectivity index (χ1) is 10.7. The highest BCUT2D eigenvalue weighted by Crippen LogP contribution is 2.39. The fraction of sp³-hybridized carbons (Fsp3) is 0.588. The normalized spacial score (nSPS) is 24.2. The molecule has 1 amide bonds. The Labute approximate surface area is 130 Å². The van der Waals surface area contributed by atoms with E-state index >= 15 is 0 Å². The average molecular weight is 305 g/mol. The van der Waals surface area contributed by atoms with E-state index in [2.05, 4.69) is 0 Å². The molecule has 2 aliphatic rings. The summed E-state index contributed by atoms with van der Waals surface area (Å²) in [6.45, 7) is 2.69. The summed E-state index contributed by atoms with van der Waals surface area (Å²) in [4.78, 5) is 14.0. The van der Waals surface area contributed by atoms with Crippen molar-refractivity contribution in [3.63, 3.8) is 0 Å². The molecular formula is C17H23NO4. The molecule has 0 saturated carbocycles. The SMILES string of the molecule is O=C(OCc1ccccc1)N1CC(O)CC2(CCOCC2)C1. The monoisotopic (exact) mass is 305 g/mol. The largest absolute Gasteiger partial charge is 0.445 e. The van der Waals surface area contributed by atoms with E-state index in [1.807, 2.05) is 30.3 Å². The summed E-state index contributed by atoms with van der Waals surface area (Å²) in [6, 6.07) is 9.63. The van der Waals surface area contributed by atoms with Crippen LogP contribution >= 0.6 is 0 Å². The van der Waals surface area contributed by atoms with Crippen molar-refractivity contribution in [3.05, 3.63) is 35.9 Å². The first-order valence-electron chi connectivity index (χ1n) is 7.88. The molecule has 1 aromatic carbocycles. The molecular weight excluding hydrogens is 282 g/mol. The van der Waals surface area contributed by atoms with Crippen LogP contribution in [0.1, 0.15) is 24.8 Å². The van der Waals surface area contributed by atoms with E-state index in [4.69, 9.17) is 9.47 Å². The third kappa shape index (κ3) is 3.59. The summed E-state index contributed by atoms with van der Waals surface area (Å²) in [5.41, 5.74) is 0.955. The van der Waals surface area contributed by atoms with Gasteiger partial charge in [0.25, 0.3) is 0 Å². The molecule has 3 rings (SSSR count). The van der Waals surface area contributed by atoms with Crippen molar-refractivity contribution in [2.24, 2.45) is 5.41 Å². The van der Waals surface area contributed by atoms with E-state index in [0.29, 0.717) is 26.3 Å². The van der Waals surface area contributed by atoms with Crippen molar-refractivity contribution in [2.45, 2.75) is 32.0 Å². The van der Waals surface area contributed by atoms with Gasteiger partial charge in [0.15, 0.2) is 0 Å².